The van der Waals surface area contributed by atoms with E-state index in [9.17, 15) is 4.79 Å². The van der Waals surface area contributed by atoms with Gasteiger partial charge in [-0.25, -0.2) is 0 Å². The third kappa shape index (κ3) is 2.88. The first-order chi connectivity index (χ1) is 10.3. The fourth-order valence-electron chi connectivity index (χ4n) is 2.20. The molecule has 1 amide bonds. The maximum absolute atomic E-state index is 12.3. The number of nitrogens with zero attached hydrogens (tertiary/aromatic N) is 1. The van der Waals surface area contributed by atoms with Gasteiger partial charge in [-0.3, -0.25) is 9.78 Å². The molecular formula is C17H13ClN2O. The zero-order valence-corrected chi connectivity index (χ0v) is 12.0. The summed E-state index contributed by atoms with van der Waals surface area (Å²) in [7, 11) is 0. The number of hydrogen-bond acceptors (Lipinski definition) is 2. The second-order valence-corrected chi connectivity index (χ2v) is 4.94. The zero-order chi connectivity index (χ0) is 14.7. The molecule has 0 bridgehead atoms. The Labute approximate surface area is 127 Å². The summed E-state index contributed by atoms with van der Waals surface area (Å²) in [4.78, 5) is 16.7. The summed E-state index contributed by atoms with van der Waals surface area (Å²) in [5.41, 5.74) is 2.98. The van der Waals surface area contributed by atoms with Crippen molar-refractivity contribution >= 4 is 34.1 Å². The average molecular weight is 297 g/mol. The van der Waals surface area contributed by atoms with Crippen LogP contribution in [0, 0.1) is 0 Å². The van der Waals surface area contributed by atoms with Crippen LogP contribution in [0.1, 0.15) is 15.9 Å². The smallest absolute Gasteiger partial charge is 0.255 e. The highest BCUT2D eigenvalue weighted by atomic mass is 35.5. The van der Waals surface area contributed by atoms with Gasteiger partial charge in [-0.15, -0.1) is 11.6 Å². The SMILES string of the molecule is O=C(Nc1cccc2cccnc12)c1cccc(CCl)c1. The molecule has 3 aromatic rings. The standard InChI is InChI=1S/C17H13ClN2O/c18-11-12-4-1-6-14(10-12)17(21)20-15-8-2-5-13-7-3-9-19-16(13)15/h1-10H,11H2,(H,20,21). The quantitative estimate of drug-likeness (QED) is 0.735. The number of aromatic nitrogens is 1. The van der Waals surface area contributed by atoms with E-state index in [0.717, 1.165) is 16.5 Å². The van der Waals surface area contributed by atoms with Crippen LogP contribution in [-0.2, 0) is 5.88 Å². The van der Waals surface area contributed by atoms with Crippen molar-refractivity contribution in [3.05, 3.63) is 71.9 Å². The van der Waals surface area contributed by atoms with E-state index in [1.165, 1.54) is 0 Å². The number of fused-ring (bicyclic) bond motifs is 1. The number of alkyl halides is 1. The number of anilines is 1. The van der Waals surface area contributed by atoms with Gasteiger partial charge >= 0.3 is 0 Å². The topological polar surface area (TPSA) is 42.0 Å². The van der Waals surface area contributed by atoms with E-state index in [-0.39, 0.29) is 5.91 Å². The summed E-state index contributed by atoms with van der Waals surface area (Å²) in [6, 6.07) is 16.8. The van der Waals surface area contributed by atoms with Crippen LogP contribution in [0.5, 0.6) is 0 Å². The summed E-state index contributed by atoms with van der Waals surface area (Å²) >= 11 is 5.80. The van der Waals surface area contributed by atoms with Gasteiger partial charge in [-0.2, -0.15) is 0 Å². The summed E-state index contributed by atoms with van der Waals surface area (Å²) in [6.45, 7) is 0. The van der Waals surface area contributed by atoms with Crippen molar-refractivity contribution in [3.8, 4) is 0 Å². The predicted molar refractivity (Wildman–Crippen MR) is 85.7 cm³/mol. The van der Waals surface area contributed by atoms with Gasteiger partial charge in [0, 0.05) is 23.0 Å². The largest absolute Gasteiger partial charge is 0.320 e. The van der Waals surface area contributed by atoms with Crippen LogP contribution < -0.4 is 5.32 Å². The lowest BCUT2D eigenvalue weighted by molar-refractivity contribution is 0.102. The monoisotopic (exact) mass is 296 g/mol. The lowest BCUT2D eigenvalue weighted by atomic mass is 10.1. The van der Waals surface area contributed by atoms with Gasteiger partial charge in [0.15, 0.2) is 0 Å². The summed E-state index contributed by atoms with van der Waals surface area (Å²) < 4.78 is 0. The van der Waals surface area contributed by atoms with E-state index in [4.69, 9.17) is 11.6 Å². The molecule has 3 rings (SSSR count). The van der Waals surface area contributed by atoms with E-state index in [1.807, 2.05) is 42.5 Å². The third-order valence-corrected chi connectivity index (χ3v) is 3.53. The molecule has 1 heterocycles. The zero-order valence-electron chi connectivity index (χ0n) is 11.2. The number of halogens is 1. The van der Waals surface area contributed by atoms with Crippen molar-refractivity contribution in [2.75, 3.05) is 5.32 Å². The van der Waals surface area contributed by atoms with Gasteiger partial charge in [0.25, 0.3) is 5.91 Å². The number of para-hydroxylation sites is 1. The number of carbonyl (C=O) groups excluding carboxylic acids is 1. The van der Waals surface area contributed by atoms with Gasteiger partial charge in [0.2, 0.25) is 0 Å². The highest BCUT2D eigenvalue weighted by Crippen LogP contribution is 2.21. The summed E-state index contributed by atoms with van der Waals surface area (Å²) in [6.07, 6.45) is 1.71. The first kappa shape index (κ1) is 13.6. The molecule has 0 fully saturated rings. The normalized spacial score (nSPS) is 10.5. The molecule has 0 saturated heterocycles. The van der Waals surface area contributed by atoms with Crippen LogP contribution in [-0.4, -0.2) is 10.9 Å². The molecule has 0 spiro atoms. The Morgan fingerprint density at radius 3 is 2.76 bits per heavy atom. The molecule has 1 aromatic heterocycles. The van der Waals surface area contributed by atoms with Crippen molar-refractivity contribution in [1.82, 2.24) is 4.98 Å². The molecule has 104 valence electrons. The number of amides is 1. The van der Waals surface area contributed by atoms with Crippen LogP contribution in [0.3, 0.4) is 0 Å². The second kappa shape index (κ2) is 5.94. The van der Waals surface area contributed by atoms with Crippen LogP contribution >= 0.6 is 11.6 Å². The summed E-state index contributed by atoms with van der Waals surface area (Å²) in [5.74, 6) is 0.219. The van der Waals surface area contributed by atoms with Crippen LogP contribution in [0.2, 0.25) is 0 Å². The minimum absolute atomic E-state index is 0.167. The van der Waals surface area contributed by atoms with E-state index >= 15 is 0 Å². The van der Waals surface area contributed by atoms with Crippen LogP contribution in [0.15, 0.2) is 60.8 Å². The Bertz CT molecular complexity index is 796. The maximum Gasteiger partial charge on any atom is 0.255 e. The number of benzene rings is 2. The van der Waals surface area contributed by atoms with E-state index < -0.39 is 0 Å². The highest BCUT2D eigenvalue weighted by Gasteiger charge is 2.09. The van der Waals surface area contributed by atoms with Crippen molar-refractivity contribution in [3.63, 3.8) is 0 Å². The molecule has 0 unspecified atom stereocenters. The Hall–Kier alpha value is -2.39. The highest BCUT2D eigenvalue weighted by molar-refractivity contribution is 6.17. The molecule has 0 atom stereocenters. The Balaban J connectivity index is 1.93. The average Bonchev–Trinajstić information content (AvgIpc) is 2.55. The molecule has 1 N–H and O–H groups in total. The predicted octanol–water partition coefficient (Wildman–Crippen LogP) is 4.23. The van der Waals surface area contributed by atoms with Crippen molar-refractivity contribution in [1.29, 1.82) is 0 Å². The Morgan fingerprint density at radius 1 is 1.10 bits per heavy atom. The van der Waals surface area contributed by atoms with Gasteiger partial charge in [0.1, 0.15) is 0 Å². The van der Waals surface area contributed by atoms with Crippen molar-refractivity contribution < 1.29 is 4.79 Å². The summed E-state index contributed by atoms with van der Waals surface area (Å²) in [5, 5.41) is 3.90. The minimum atomic E-state index is -0.167. The molecule has 0 saturated carbocycles. The fourth-order valence-corrected chi connectivity index (χ4v) is 2.36. The fraction of sp³-hybridized carbons (Fsp3) is 0.0588. The molecule has 0 radical (unpaired) electrons. The number of pyridine rings is 1. The lowest BCUT2D eigenvalue weighted by Gasteiger charge is -2.08. The molecule has 0 aliphatic heterocycles. The maximum atomic E-state index is 12.3. The number of nitrogens with one attached hydrogen (secondary N) is 1. The van der Waals surface area contributed by atoms with Crippen molar-refractivity contribution in [2.45, 2.75) is 5.88 Å². The van der Waals surface area contributed by atoms with Gasteiger partial charge in [-0.05, 0) is 29.8 Å². The first-order valence-corrected chi connectivity index (χ1v) is 7.11. The van der Waals surface area contributed by atoms with Gasteiger partial charge in [-0.1, -0.05) is 30.3 Å². The van der Waals surface area contributed by atoms with Gasteiger partial charge < -0.3 is 5.32 Å². The molecule has 21 heavy (non-hydrogen) atoms. The molecule has 3 nitrogen and oxygen atoms in total. The van der Waals surface area contributed by atoms with Crippen LogP contribution in [0.4, 0.5) is 5.69 Å². The first-order valence-electron chi connectivity index (χ1n) is 6.58. The number of carbonyl (C=O) groups is 1. The Kier molecular flexibility index (Phi) is 3.84. The third-order valence-electron chi connectivity index (χ3n) is 3.22. The molecule has 0 aliphatic carbocycles. The van der Waals surface area contributed by atoms with Crippen LogP contribution in [0.25, 0.3) is 10.9 Å². The molecule has 4 heteroatoms. The second-order valence-electron chi connectivity index (χ2n) is 4.67. The minimum Gasteiger partial charge on any atom is -0.320 e. The Morgan fingerprint density at radius 2 is 1.90 bits per heavy atom. The molecular weight excluding hydrogens is 284 g/mol. The number of rotatable bonds is 3. The van der Waals surface area contributed by atoms with E-state index in [1.54, 1.807) is 18.3 Å². The van der Waals surface area contributed by atoms with E-state index in [2.05, 4.69) is 10.3 Å². The number of hydrogen-bond donors (Lipinski definition) is 1. The van der Waals surface area contributed by atoms with Gasteiger partial charge in [0.05, 0.1) is 11.2 Å². The molecule has 2 aromatic carbocycles. The van der Waals surface area contributed by atoms with E-state index in [0.29, 0.717) is 17.1 Å². The van der Waals surface area contributed by atoms with Crippen molar-refractivity contribution in [2.24, 2.45) is 0 Å². The lowest BCUT2D eigenvalue weighted by Crippen LogP contribution is -2.12. The molecule has 0 aliphatic rings.